The highest BCUT2D eigenvalue weighted by Crippen LogP contribution is 2.29. The molecule has 0 aliphatic rings. The predicted molar refractivity (Wildman–Crippen MR) is 107 cm³/mol. The van der Waals surface area contributed by atoms with Crippen molar-refractivity contribution in [1.29, 1.82) is 0 Å². The number of aromatic nitrogens is 2. The first-order chi connectivity index (χ1) is 13.6. The second kappa shape index (κ2) is 7.70. The van der Waals surface area contributed by atoms with Gasteiger partial charge in [-0.05, 0) is 55.0 Å². The number of carbonyl (C=O) groups is 1. The van der Waals surface area contributed by atoms with Gasteiger partial charge in [0.2, 0.25) is 0 Å². The van der Waals surface area contributed by atoms with E-state index in [1.165, 1.54) is 0 Å². The van der Waals surface area contributed by atoms with E-state index in [1.807, 2.05) is 19.1 Å². The maximum atomic E-state index is 12.8. The average Bonchev–Trinajstić information content (AvgIpc) is 3.04. The van der Waals surface area contributed by atoms with Crippen LogP contribution in [0.5, 0.6) is 5.75 Å². The standard InChI is InChI=1S/C21H16ClN3O3/c1-13-16-11-15(22)4-5-17(16)28-19(13)21(26)25-20-18(3-2-8-24-20)27-12-14-6-9-23-10-7-14/h2-11H,12H2,1H3,(H,24,25,26). The normalized spacial score (nSPS) is 10.8. The summed E-state index contributed by atoms with van der Waals surface area (Å²) in [5.74, 6) is 0.587. The van der Waals surface area contributed by atoms with Crippen molar-refractivity contribution < 1.29 is 13.9 Å². The molecule has 3 aromatic heterocycles. The van der Waals surface area contributed by atoms with E-state index in [9.17, 15) is 4.79 Å². The molecule has 3 heterocycles. The number of hydrogen-bond donors (Lipinski definition) is 1. The van der Waals surface area contributed by atoms with Crippen molar-refractivity contribution in [3.8, 4) is 5.75 Å². The molecule has 0 fully saturated rings. The summed E-state index contributed by atoms with van der Waals surface area (Å²) in [6.07, 6.45) is 4.97. The van der Waals surface area contributed by atoms with Crippen molar-refractivity contribution in [2.24, 2.45) is 0 Å². The number of carbonyl (C=O) groups excluding carboxylic acids is 1. The summed E-state index contributed by atoms with van der Waals surface area (Å²) in [5.41, 5.74) is 2.27. The Morgan fingerprint density at radius 3 is 2.82 bits per heavy atom. The Morgan fingerprint density at radius 1 is 1.18 bits per heavy atom. The number of nitrogens with zero attached hydrogens (tertiary/aromatic N) is 2. The van der Waals surface area contributed by atoms with E-state index in [4.69, 9.17) is 20.8 Å². The molecule has 1 aromatic carbocycles. The molecule has 0 atom stereocenters. The average molecular weight is 394 g/mol. The van der Waals surface area contributed by atoms with Gasteiger partial charge in [-0.1, -0.05) is 11.6 Å². The van der Waals surface area contributed by atoms with Crippen molar-refractivity contribution in [3.63, 3.8) is 0 Å². The minimum Gasteiger partial charge on any atom is -0.485 e. The predicted octanol–water partition coefficient (Wildman–Crippen LogP) is 5.02. The molecule has 0 saturated carbocycles. The largest absolute Gasteiger partial charge is 0.485 e. The minimum atomic E-state index is -0.405. The lowest BCUT2D eigenvalue weighted by Gasteiger charge is -2.11. The van der Waals surface area contributed by atoms with Crippen molar-refractivity contribution in [2.45, 2.75) is 13.5 Å². The zero-order valence-electron chi connectivity index (χ0n) is 15.0. The number of nitrogens with one attached hydrogen (secondary N) is 1. The number of ether oxygens (including phenoxy) is 1. The van der Waals surface area contributed by atoms with Crippen LogP contribution >= 0.6 is 11.6 Å². The molecule has 4 rings (SSSR count). The van der Waals surface area contributed by atoms with E-state index in [-0.39, 0.29) is 5.76 Å². The van der Waals surface area contributed by atoms with Crippen LogP contribution in [-0.2, 0) is 6.61 Å². The second-order valence-corrected chi connectivity index (χ2v) is 6.58. The van der Waals surface area contributed by atoms with Crippen molar-refractivity contribution in [3.05, 3.63) is 83.0 Å². The highest BCUT2D eigenvalue weighted by Gasteiger charge is 2.19. The third-order valence-corrected chi connectivity index (χ3v) is 4.49. The highest BCUT2D eigenvalue weighted by molar-refractivity contribution is 6.31. The number of aryl methyl sites for hydroxylation is 1. The molecular weight excluding hydrogens is 378 g/mol. The van der Waals surface area contributed by atoms with E-state index < -0.39 is 5.91 Å². The fourth-order valence-corrected chi connectivity index (χ4v) is 2.99. The van der Waals surface area contributed by atoms with Crippen LogP contribution in [0.1, 0.15) is 21.7 Å². The number of amides is 1. The number of hydrogen-bond acceptors (Lipinski definition) is 5. The van der Waals surface area contributed by atoms with Crippen molar-refractivity contribution >= 4 is 34.3 Å². The van der Waals surface area contributed by atoms with Crippen LogP contribution in [0.4, 0.5) is 5.82 Å². The van der Waals surface area contributed by atoms with Gasteiger partial charge >= 0.3 is 0 Å². The fourth-order valence-electron chi connectivity index (χ4n) is 2.82. The third kappa shape index (κ3) is 3.68. The first-order valence-electron chi connectivity index (χ1n) is 8.58. The third-order valence-electron chi connectivity index (χ3n) is 4.25. The Kier molecular flexibility index (Phi) is 4.95. The maximum absolute atomic E-state index is 12.8. The Bertz CT molecular complexity index is 1140. The summed E-state index contributed by atoms with van der Waals surface area (Å²) in [6, 6.07) is 12.4. The lowest BCUT2D eigenvalue weighted by Crippen LogP contribution is -2.14. The number of anilines is 1. The summed E-state index contributed by atoms with van der Waals surface area (Å²) in [7, 11) is 0. The Morgan fingerprint density at radius 2 is 2.00 bits per heavy atom. The van der Waals surface area contributed by atoms with Gasteiger partial charge in [-0.3, -0.25) is 9.78 Å². The van der Waals surface area contributed by atoms with Gasteiger partial charge in [0.25, 0.3) is 5.91 Å². The van der Waals surface area contributed by atoms with Crippen molar-refractivity contribution in [1.82, 2.24) is 9.97 Å². The van der Waals surface area contributed by atoms with E-state index in [1.54, 1.807) is 48.9 Å². The molecule has 1 amide bonds. The molecule has 0 unspecified atom stereocenters. The molecule has 0 spiro atoms. The van der Waals surface area contributed by atoms with Crippen LogP contribution < -0.4 is 10.1 Å². The van der Waals surface area contributed by atoms with Gasteiger partial charge in [0.1, 0.15) is 12.2 Å². The van der Waals surface area contributed by atoms with E-state index >= 15 is 0 Å². The van der Waals surface area contributed by atoms with E-state index in [0.717, 1.165) is 10.9 Å². The van der Waals surface area contributed by atoms with Gasteiger partial charge in [-0.25, -0.2) is 4.98 Å². The maximum Gasteiger partial charge on any atom is 0.292 e. The molecule has 1 N–H and O–H groups in total. The smallest absolute Gasteiger partial charge is 0.292 e. The summed E-state index contributed by atoms with van der Waals surface area (Å²) < 4.78 is 11.5. The molecule has 0 radical (unpaired) electrons. The Labute approximate surface area is 166 Å². The molecule has 7 heteroatoms. The van der Waals surface area contributed by atoms with Crippen LogP contribution in [0.2, 0.25) is 5.02 Å². The molecule has 0 aliphatic heterocycles. The monoisotopic (exact) mass is 393 g/mol. The highest BCUT2D eigenvalue weighted by atomic mass is 35.5. The van der Waals surface area contributed by atoms with Crippen LogP contribution in [0, 0.1) is 6.92 Å². The molecular formula is C21H16ClN3O3. The summed E-state index contributed by atoms with van der Waals surface area (Å²) in [4.78, 5) is 21.0. The second-order valence-electron chi connectivity index (χ2n) is 6.15. The number of pyridine rings is 2. The molecule has 0 aliphatic carbocycles. The number of fused-ring (bicyclic) bond motifs is 1. The van der Waals surface area contributed by atoms with Crippen LogP contribution in [-0.4, -0.2) is 15.9 Å². The van der Waals surface area contributed by atoms with E-state index in [2.05, 4.69) is 15.3 Å². The number of furan rings is 1. The zero-order chi connectivity index (χ0) is 19.5. The molecule has 0 saturated heterocycles. The van der Waals surface area contributed by atoms with E-state index in [0.29, 0.717) is 34.3 Å². The summed E-state index contributed by atoms with van der Waals surface area (Å²) >= 11 is 6.04. The lowest BCUT2D eigenvalue weighted by atomic mass is 10.1. The van der Waals surface area contributed by atoms with Gasteiger partial charge in [0, 0.05) is 34.6 Å². The quantitative estimate of drug-likeness (QED) is 0.515. The number of benzene rings is 1. The van der Waals surface area contributed by atoms with Crippen molar-refractivity contribution in [2.75, 3.05) is 5.32 Å². The molecule has 140 valence electrons. The Hall–Kier alpha value is -3.38. The van der Waals surface area contributed by atoms with Gasteiger partial charge in [-0.2, -0.15) is 0 Å². The first kappa shape index (κ1) is 18.0. The zero-order valence-corrected chi connectivity index (χ0v) is 15.7. The SMILES string of the molecule is Cc1c(C(=O)Nc2ncccc2OCc2ccncc2)oc2ccc(Cl)cc12. The minimum absolute atomic E-state index is 0.211. The van der Waals surface area contributed by atoms with Gasteiger partial charge in [-0.15, -0.1) is 0 Å². The van der Waals surface area contributed by atoms with Gasteiger partial charge < -0.3 is 14.5 Å². The lowest BCUT2D eigenvalue weighted by molar-refractivity contribution is 0.0997. The van der Waals surface area contributed by atoms with Crippen LogP contribution in [0.15, 0.2) is 65.5 Å². The van der Waals surface area contributed by atoms with Gasteiger partial charge in [0.15, 0.2) is 17.3 Å². The fraction of sp³-hybridized carbons (Fsp3) is 0.0952. The first-order valence-corrected chi connectivity index (χ1v) is 8.96. The van der Waals surface area contributed by atoms with Crippen LogP contribution in [0.3, 0.4) is 0 Å². The van der Waals surface area contributed by atoms with Gasteiger partial charge in [0.05, 0.1) is 0 Å². The molecule has 28 heavy (non-hydrogen) atoms. The molecule has 6 nitrogen and oxygen atoms in total. The summed E-state index contributed by atoms with van der Waals surface area (Å²) in [5, 5.41) is 4.15. The molecule has 4 aromatic rings. The Balaban J connectivity index is 1.56. The number of rotatable bonds is 5. The number of halogens is 1. The molecule has 0 bridgehead atoms. The van der Waals surface area contributed by atoms with Crippen LogP contribution in [0.25, 0.3) is 11.0 Å². The topological polar surface area (TPSA) is 77.2 Å². The summed E-state index contributed by atoms with van der Waals surface area (Å²) in [6.45, 7) is 2.15.